The number of aryl methyl sites for hydroxylation is 1. The molecule has 6 rings (SSSR count). The number of guanidine groups is 1. The Morgan fingerprint density at radius 3 is 2.13 bits per heavy atom. The number of hydrogen-bond donors (Lipinski definition) is 12. The standard InChI is InChI=1S/C68H99N17O12/c1-4-6-22-53(77-44(3)86)59(87)38-47-35-50-42-85(84-83-50)29-16-14-25-55(65(93)78-54(62(69)90)24-13-15-27-73-61(89)26-31-97-33-32-96-30-7-5-2)79-66(94)57(36-48-40-75-52-23-12-11-21-51(48)52)81-63(91)46(20-17-28-74-68(70)71)37-60(88)56(34-45-18-9-8-10-19-45)80-67(95)58(82-64(47)92)39-49-41-72-43-76-49/h8-12,18-19,21,23,40-43,46-47,53-58,75H,4-7,13-17,20,22,24-39H2,1-3H3,(H2,69,90)(H,72,76)(H,73,89)(H,77,86)(H,78,93)(H,79,94)(H,80,95)(H,81,91)(H,82,92)(H4,70,71,74). The summed E-state index contributed by atoms with van der Waals surface area (Å²) in [7, 11) is 0. The normalized spacial score (nSPS) is 19.2. The summed E-state index contributed by atoms with van der Waals surface area (Å²) in [6, 6.07) is 8.77. The maximum Gasteiger partial charge on any atom is 0.243 e. The zero-order valence-electron chi connectivity index (χ0n) is 56.1. The van der Waals surface area contributed by atoms with Gasteiger partial charge in [-0.2, -0.15) is 0 Å². The van der Waals surface area contributed by atoms with Gasteiger partial charge in [0.25, 0.3) is 0 Å². The van der Waals surface area contributed by atoms with Crippen molar-refractivity contribution in [1.29, 1.82) is 0 Å². The minimum Gasteiger partial charge on any atom is -0.379 e. The van der Waals surface area contributed by atoms with Gasteiger partial charge < -0.3 is 73.9 Å². The zero-order chi connectivity index (χ0) is 69.9. The number of amides is 8. The Bertz CT molecular complexity index is 3350. The molecule has 2 bridgehead atoms. The zero-order valence-corrected chi connectivity index (χ0v) is 56.1. The lowest BCUT2D eigenvalue weighted by Crippen LogP contribution is -2.57. The molecular formula is C68H99N17O12. The van der Waals surface area contributed by atoms with Crippen LogP contribution in [0.15, 0.2) is 84.5 Å². The third kappa shape index (κ3) is 27.3. The average Bonchev–Trinajstić information content (AvgIpc) is 1.77. The molecule has 0 saturated heterocycles. The SMILES string of the molecule is CCCCOCCOCCC(=O)NCCCCC(NC(=O)C1CCCCn2cc(nn2)CC(CC(=O)C(CCCC)NC(C)=O)C(=O)NC(Cc2cnc[nH]2)C(=O)NC(Cc2ccccc2)C(=O)CC(CCCN=C(N)N)C(=O)NC(Cc2c[nH]c3ccccc23)C(=O)N1)C(N)=O. The van der Waals surface area contributed by atoms with Gasteiger partial charge in [0.15, 0.2) is 17.5 Å². The first kappa shape index (κ1) is 76.6. The summed E-state index contributed by atoms with van der Waals surface area (Å²) in [4.78, 5) is 157. The van der Waals surface area contributed by atoms with Crippen molar-refractivity contribution >= 4 is 75.7 Å². The van der Waals surface area contributed by atoms with Crippen molar-refractivity contribution in [2.24, 2.45) is 34.0 Å². The van der Waals surface area contributed by atoms with E-state index >= 15 is 14.4 Å². The molecule has 5 aromatic rings. The van der Waals surface area contributed by atoms with Gasteiger partial charge in [-0.25, -0.2) is 4.98 Å². The minimum absolute atomic E-state index is 0.00793. The first-order valence-electron chi connectivity index (χ1n) is 33.9. The van der Waals surface area contributed by atoms with E-state index in [1.807, 2.05) is 31.2 Å². The molecule has 1 aliphatic heterocycles. The molecule has 0 radical (unpaired) electrons. The van der Waals surface area contributed by atoms with Gasteiger partial charge in [0.05, 0.1) is 49.8 Å². The summed E-state index contributed by atoms with van der Waals surface area (Å²) in [5.74, 6) is -8.69. The van der Waals surface area contributed by atoms with E-state index in [2.05, 4.69) is 74.4 Å². The van der Waals surface area contributed by atoms with Crippen LogP contribution in [0.3, 0.4) is 0 Å². The van der Waals surface area contributed by atoms with Crippen molar-refractivity contribution in [1.82, 2.24) is 67.2 Å². The number of aromatic nitrogens is 6. The van der Waals surface area contributed by atoms with E-state index < -0.39 is 107 Å². The molecule has 4 heterocycles. The van der Waals surface area contributed by atoms with E-state index in [1.54, 1.807) is 42.7 Å². The van der Waals surface area contributed by atoms with Gasteiger partial charge in [-0.1, -0.05) is 86.9 Å². The smallest absolute Gasteiger partial charge is 0.243 e. The number of aliphatic imine (C=N–C) groups is 1. The van der Waals surface area contributed by atoms with Crippen LogP contribution >= 0.6 is 0 Å². The number of hydrogen-bond acceptors (Lipinski definition) is 16. The van der Waals surface area contributed by atoms with Crippen LogP contribution in [0.4, 0.5) is 0 Å². The van der Waals surface area contributed by atoms with Crippen molar-refractivity contribution in [2.75, 3.05) is 39.5 Å². The van der Waals surface area contributed by atoms with Crippen LogP contribution in [0.5, 0.6) is 0 Å². The number of nitrogens with zero attached hydrogens (tertiary/aromatic N) is 5. The molecule has 3 aromatic heterocycles. The number of unbranched alkanes of at least 4 members (excludes halogenated alkanes) is 3. The number of rotatable bonds is 34. The second kappa shape index (κ2) is 41.6. The summed E-state index contributed by atoms with van der Waals surface area (Å²) in [5, 5.41) is 29.4. The van der Waals surface area contributed by atoms with Crippen molar-refractivity contribution in [3.8, 4) is 0 Å². The molecule has 8 amide bonds. The van der Waals surface area contributed by atoms with Crippen molar-refractivity contribution in [3.05, 3.63) is 102 Å². The predicted molar refractivity (Wildman–Crippen MR) is 362 cm³/mol. The van der Waals surface area contributed by atoms with Crippen LogP contribution < -0.4 is 54.4 Å². The number of ether oxygens (including phenoxy) is 2. The third-order valence-corrected chi connectivity index (χ3v) is 16.8. The van der Waals surface area contributed by atoms with Gasteiger partial charge in [-0.05, 0) is 87.8 Å². The lowest BCUT2D eigenvalue weighted by Gasteiger charge is -2.27. The maximum atomic E-state index is 15.2. The van der Waals surface area contributed by atoms with Gasteiger partial charge in [0, 0.05) is 113 Å². The van der Waals surface area contributed by atoms with Crippen LogP contribution in [-0.2, 0) is 89.6 Å². The lowest BCUT2D eigenvalue weighted by molar-refractivity contribution is -0.136. The number of H-pyrrole nitrogens is 2. The van der Waals surface area contributed by atoms with E-state index in [9.17, 15) is 33.6 Å². The van der Waals surface area contributed by atoms with Crippen molar-refractivity contribution < 1.29 is 57.4 Å². The molecule has 29 nitrogen and oxygen atoms in total. The number of carbonyl (C=O) groups excluding carboxylic acids is 10. The Kier molecular flexibility index (Phi) is 32.8. The van der Waals surface area contributed by atoms with Crippen LogP contribution in [-0.4, -0.2) is 170 Å². The second-order valence-corrected chi connectivity index (χ2v) is 24.7. The largest absolute Gasteiger partial charge is 0.379 e. The molecule has 2 aromatic carbocycles. The van der Waals surface area contributed by atoms with E-state index in [0.29, 0.717) is 74.4 Å². The number of imidazole rings is 1. The molecule has 528 valence electrons. The summed E-state index contributed by atoms with van der Waals surface area (Å²) in [6.45, 7) is 7.60. The van der Waals surface area contributed by atoms with E-state index in [-0.39, 0.29) is 109 Å². The highest BCUT2D eigenvalue weighted by Crippen LogP contribution is 2.23. The first-order chi connectivity index (χ1) is 46.8. The van der Waals surface area contributed by atoms with Gasteiger partial charge >= 0.3 is 0 Å². The van der Waals surface area contributed by atoms with Crippen molar-refractivity contribution in [2.45, 2.75) is 192 Å². The Morgan fingerprint density at radius 2 is 1.41 bits per heavy atom. The number of Topliss-reactive ketones (excluding diaryl/α,β-unsaturated/α-hetero) is 2. The molecule has 8 unspecified atom stereocenters. The number of benzene rings is 2. The molecule has 0 fully saturated rings. The highest BCUT2D eigenvalue weighted by molar-refractivity contribution is 5.98. The second-order valence-electron chi connectivity index (χ2n) is 24.7. The predicted octanol–water partition coefficient (Wildman–Crippen LogP) is 2.26. The molecule has 1 aliphatic rings. The molecule has 15 N–H and O–H groups in total. The highest BCUT2D eigenvalue weighted by atomic mass is 16.5. The molecular weight excluding hydrogens is 1250 g/mol. The fraction of sp³-hybridized carbons (Fsp3) is 0.559. The monoisotopic (exact) mass is 1350 g/mol. The lowest BCUT2D eigenvalue weighted by atomic mass is 9.90. The number of ketones is 2. The molecule has 97 heavy (non-hydrogen) atoms. The Morgan fingerprint density at radius 1 is 0.711 bits per heavy atom. The molecule has 0 spiro atoms. The molecule has 0 saturated carbocycles. The number of nitrogens with one attached hydrogen (secondary N) is 9. The quantitative estimate of drug-likeness (QED) is 0.0160. The Balaban J connectivity index is 1.34. The maximum absolute atomic E-state index is 15.2. The highest BCUT2D eigenvalue weighted by Gasteiger charge is 2.36. The molecule has 0 aliphatic carbocycles. The Hall–Kier alpha value is -9.38. The number of para-hydroxylation sites is 1. The van der Waals surface area contributed by atoms with Crippen LogP contribution in [0.25, 0.3) is 10.9 Å². The summed E-state index contributed by atoms with van der Waals surface area (Å²) < 4.78 is 12.5. The Labute approximate surface area is 565 Å². The van der Waals surface area contributed by atoms with Gasteiger partial charge in [-0.3, -0.25) is 57.6 Å². The molecule has 29 heteroatoms. The summed E-state index contributed by atoms with van der Waals surface area (Å²) in [6.07, 6.45) is 10.5. The minimum atomic E-state index is -1.38. The van der Waals surface area contributed by atoms with Gasteiger partial charge in [0.2, 0.25) is 47.3 Å². The number of nitrogens with two attached hydrogens (primary N) is 3. The fourth-order valence-electron chi connectivity index (χ4n) is 11.4. The summed E-state index contributed by atoms with van der Waals surface area (Å²) >= 11 is 0. The number of aromatic amines is 2. The third-order valence-electron chi connectivity index (χ3n) is 16.8. The van der Waals surface area contributed by atoms with Crippen LogP contribution in [0.1, 0.15) is 146 Å². The number of primary amides is 1. The van der Waals surface area contributed by atoms with E-state index in [4.69, 9.17) is 26.7 Å². The average molecular weight is 1350 g/mol. The number of carbonyl (C=O) groups is 10. The van der Waals surface area contributed by atoms with E-state index in [0.717, 1.165) is 30.2 Å². The number of fused-ring (bicyclic) bond motifs is 3. The first-order valence-corrected chi connectivity index (χ1v) is 33.9. The fourth-order valence-corrected chi connectivity index (χ4v) is 11.4. The van der Waals surface area contributed by atoms with Crippen LogP contribution in [0.2, 0.25) is 0 Å². The van der Waals surface area contributed by atoms with Crippen molar-refractivity contribution in [3.63, 3.8) is 0 Å². The topological polar surface area (TPSA) is 439 Å². The van der Waals surface area contributed by atoms with Gasteiger partial charge in [0.1, 0.15) is 24.2 Å². The van der Waals surface area contributed by atoms with Gasteiger partial charge in [-0.15, -0.1) is 5.10 Å². The van der Waals surface area contributed by atoms with Crippen LogP contribution in [0, 0.1) is 11.8 Å². The van der Waals surface area contributed by atoms with E-state index in [1.165, 1.54) is 24.1 Å². The molecule has 8 atom stereocenters. The summed E-state index contributed by atoms with van der Waals surface area (Å²) in [5.41, 5.74) is 20.1.